The molecule has 0 fully saturated rings. The molecule has 0 aliphatic rings. The summed E-state index contributed by atoms with van der Waals surface area (Å²) in [5.74, 6) is 0.434. The van der Waals surface area contributed by atoms with Crippen molar-refractivity contribution in [2.75, 3.05) is 13.2 Å². The standard InChI is InChI=1S/C26H34BrClN2O3/c1-17(2)14-29-25(32)18(3)30(15-19-7-10-21(28)11-8-19)24(31)16-33-23-12-9-20(13-22(23)27)26(4,5)6/h7-13,17-18H,14-16H2,1-6H3,(H,29,32)/t18-/m1/s1. The zero-order valence-corrected chi connectivity index (χ0v) is 22.6. The van der Waals surface area contributed by atoms with Gasteiger partial charge in [0.1, 0.15) is 11.8 Å². The van der Waals surface area contributed by atoms with Gasteiger partial charge in [0.25, 0.3) is 5.91 Å². The fraction of sp³-hybridized carbons (Fsp3) is 0.462. The van der Waals surface area contributed by atoms with Gasteiger partial charge in [0.05, 0.1) is 4.47 Å². The molecule has 0 spiro atoms. The van der Waals surface area contributed by atoms with Crippen LogP contribution in [0.15, 0.2) is 46.9 Å². The lowest BCUT2D eigenvalue weighted by atomic mass is 9.87. The third-order valence-corrected chi connectivity index (χ3v) is 6.14. The highest BCUT2D eigenvalue weighted by molar-refractivity contribution is 9.10. The fourth-order valence-corrected chi connectivity index (χ4v) is 3.75. The minimum Gasteiger partial charge on any atom is -0.483 e. The Balaban J connectivity index is 2.16. The molecule has 0 saturated carbocycles. The van der Waals surface area contributed by atoms with Crippen molar-refractivity contribution in [3.8, 4) is 5.75 Å². The highest BCUT2D eigenvalue weighted by Crippen LogP contribution is 2.31. The molecule has 0 aliphatic heterocycles. The van der Waals surface area contributed by atoms with Crippen LogP contribution in [0, 0.1) is 5.92 Å². The van der Waals surface area contributed by atoms with Crippen LogP contribution >= 0.6 is 27.5 Å². The number of ether oxygens (including phenoxy) is 1. The first kappa shape index (κ1) is 27.2. The van der Waals surface area contributed by atoms with Crippen molar-refractivity contribution in [2.24, 2.45) is 5.92 Å². The molecular weight excluding hydrogens is 504 g/mol. The molecule has 1 N–H and O–H groups in total. The van der Waals surface area contributed by atoms with Crippen LogP contribution in [0.2, 0.25) is 5.02 Å². The van der Waals surface area contributed by atoms with E-state index in [1.165, 1.54) is 4.90 Å². The predicted molar refractivity (Wildman–Crippen MR) is 138 cm³/mol. The van der Waals surface area contributed by atoms with Crippen molar-refractivity contribution in [2.45, 2.75) is 59.5 Å². The number of carbonyl (C=O) groups excluding carboxylic acids is 2. The molecule has 0 aromatic heterocycles. The summed E-state index contributed by atoms with van der Waals surface area (Å²) < 4.78 is 6.63. The molecule has 0 heterocycles. The smallest absolute Gasteiger partial charge is 0.261 e. The number of hydrogen-bond acceptors (Lipinski definition) is 3. The molecule has 1 atom stereocenters. The summed E-state index contributed by atoms with van der Waals surface area (Å²) >= 11 is 9.54. The Kier molecular flexibility index (Phi) is 9.80. The van der Waals surface area contributed by atoms with Gasteiger partial charge in [-0.3, -0.25) is 9.59 Å². The normalized spacial score (nSPS) is 12.4. The summed E-state index contributed by atoms with van der Waals surface area (Å²) in [6.45, 7) is 12.9. The first-order valence-electron chi connectivity index (χ1n) is 11.1. The van der Waals surface area contributed by atoms with Gasteiger partial charge in [-0.1, -0.05) is 64.4 Å². The van der Waals surface area contributed by atoms with E-state index < -0.39 is 6.04 Å². The van der Waals surface area contributed by atoms with E-state index in [4.69, 9.17) is 16.3 Å². The van der Waals surface area contributed by atoms with Crippen LogP contribution in [0.1, 0.15) is 52.7 Å². The molecule has 180 valence electrons. The third-order valence-electron chi connectivity index (χ3n) is 5.27. The number of hydrogen-bond donors (Lipinski definition) is 1. The van der Waals surface area contributed by atoms with E-state index in [-0.39, 0.29) is 30.4 Å². The Morgan fingerprint density at radius 1 is 1.09 bits per heavy atom. The fourth-order valence-electron chi connectivity index (χ4n) is 3.13. The van der Waals surface area contributed by atoms with Crippen molar-refractivity contribution in [3.05, 3.63) is 63.1 Å². The van der Waals surface area contributed by atoms with E-state index in [0.717, 1.165) is 15.6 Å². The van der Waals surface area contributed by atoms with Crippen molar-refractivity contribution in [1.29, 1.82) is 0 Å². The summed E-state index contributed by atoms with van der Waals surface area (Å²) in [4.78, 5) is 27.5. The second-order valence-corrected chi connectivity index (χ2v) is 10.9. The monoisotopic (exact) mass is 536 g/mol. The summed E-state index contributed by atoms with van der Waals surface area (Å²) in [6.07, 6.45) is 0. The lowest BCUT2D eigenvalue weighted by Gasteiger charge is -2.29. The maximum absolute atomic E-state index is 13.2. The Morgan fingerprint density at radius 3 is 2.27 bits per heavy atom. The van der Waals surface area contributed by atoms with Crippen molar-refractivity contribution in [3.63, 3.8) is 0 Å². The van der Waals surface area contributed by atoms with Crippen LogP contribution in [0.25, 0.3) is 0 Å². The molecule has 0 bridgehead atoms. The molecule has 2 aromatic carbocycles. The largest absolute Gasteiger partial charge is 0.483 e. The molecule has 0 aliphatic carbocycles. The van der Waals surface area contributed by atoms with E-state index >= 15 is 0 Å². The molecule has 2 aromatic rings. The quantitative estimate of drug-likeness (QED) is 0.429. The van der Waals surface area contributed by atoms with Gasteiger partial charge in [0.15, 0.2) is 6.61 Å². The van der Waals surface area contributed by atoms with Gasteiger partial charge < -0.3 is 15.0 Å². The maximum Gasteiger partial charge on any atom is 0.261 e. The molecule has 2 rings (SSSR count). The molecule has 0 unspecified atom stereocenters. The minimum atomic E-state index is -0.651. The van der Waals surface area contributed by atoms with E-state index in [0.29, 0.717) is 23.2 Å². The number of halogens is 2. The second kappa shape index (κ2) is 11.9. The first-order valence-corrected chi connectivity index (χ1v) is 12.3. The SMILES string of the molecule is CC(C)CNC(=O)[C@@H](C)N(Cc1ccc(Cl)cc1)C(=O)COc1ccc(C(C)(C)C)cc1Br. The number of benzene rings is 2. The van der Waals surface area contributed by atoms with Gasteiger partial charge >= 0.3 is 0 Å². The molecule has 2 amide bonds. The van der Waals surface area contributed by atoms with Gasteiger partial charge in [-0.25, -0.2) is 0 Å². The Morgan fingerprint density at radius 2 is 1.73 bits per heavy atom. The molecular formula is C26H34BrClN2O3. The average Bonchev–Trinajstić information content (AvgIpc) is 2.74. The van der Waals surface area contributed by atoms with E-state index in [9.17, 15) is 9.59 Å². The number of rotatable bonds is 9. The van der Waals surface area contributed by atoms with Crippen LogP contribution in [0.5, 0.6) is 5.75 Å². The summed E-state index contributed by atoms with van der Waals surface area (Å²) in [7, 11) is 0. The molecule has 33 heavy (non-hydrogen) atoms. The topological polar surface area (TPSA) is 58.6 Å². The Hall–Kier alpha value is -2.05. The second-order valence-electron chi connectivity index (χ2n) is 9.65. The lowest BCUT2D eigenvalue weighted by molar-refractivity contribution is -0.142. The lowest BCUT2D eigenvalue weighted by Crippen LogP contribution is -2.49. The van der Waals surface area contributed by atoms with Crippen molar-refractivity contribution < 1.29 is 14.3 Å². The van der Waals surface area contributed by atoms with E-state index in [2.05, 4.69) is 42.0 Å². The Bertz CT molecular complexity index is 955. The van der Waals surface area contributed by atoms with Gasteiger partial charge in [-0.15, -0.1) is 0 Å². The van der Waals surface area contributed by atoms with Gasteiger partial charge in [-0.2, -0.15) is 0 Å². The highest BCUT2D eigenvalue weighted by Gasteiger charge is 2.27. The predicted octanol–water partition coefficient (Wildman–Crippen LogP) is 5.97. The number of amides is 2. The number of nitrogens with one attached hydrogen (secondary N) is 1. The molecule has 5 nitrogen and oxygen atoms in total. The average molecular weight is 538 g/mol. The first-order chi connectivity index (χ1) is 15.4. The summed E-state index contributed by atoms with van der Waals surface area (Å²) in [5.41, 5.74) is 2.05. The van der Waals surface area contributed by atoms with Crippen LogP contribution < -0.4 is 10.1 Å². The van der Waals surface area contributed by atoms with Gasteiger partial charge in [0, 0.05) is 18.1 Å². The van der Waals surface area contributed by atoms with E-state index in [1.807, 2.05) is 44.2 Å². The van der Waals surface area contributed by atoms with Crippen LogP contribution in [-0.4, -0.2) is 35.9 Å². The summed E-state index contributed by atoms with van der Waals surface area (Å²) in [5, 5.41) is 3.53. The zero-order chi connectivity index (χ0) is 24.8. The van der Waals surface area contributed by atoms with Gasteiger partial charge in [-0.05, 0) is 69.6 Å². The van der Waals surface area contributed by atoms with E-state index in [1.54, 1.807) is 19.1 Å². The molecule has 0 radical (unpaired) electrons. The number of nitrogens with zero attached hydrogens (tertiary/aromatic N) is 1. The zero-order valence-electron chi connectivity index (χ0n) is 20.2. The number of carbonyl (C=O) groups is 2. The Labute approximate surface area is 211 Å². The van der Waals surface area contributed by atoms with Crippen LogP contribution in [-0.2, 0) is 21.5 Å². The minimum absolute atomic E-state index is 0.00499. The van der Waals surface area contributed by atoms with Crippen molar-refractivity contribution in [1.82, 2.24) is 10.2 Å². The van der Waals surface area contributed by atoms with Gasteiger partial charge in [0.2, 0.25) is 5.91 Å². The van der Waals surface area contributed by atoms with Crippen LogP contribution in [0.4, 0.5) is 0 Å². The molecule has 7 heteroatoms. The third kappa shape index (κ3) is 8.35. The maximum atomic E-state index is 13.2. The van der Waals surface area contributed by atoms with Crippen molar-refractivity contribution >= 4 is 39.3 Å². The molecule has 0 saturated heterocycles. The van der Waals surface area contributed by atoms with Crippen LogP contribution in [0.3, 0.4) is 0 Å². The summed E-state index contributed by atoms with van der Waals surface area (Å²) in [6, 6.07) is 12.5. The highest BCUT2D eigenvalue weighted by atomic mass is 79.9.